The Bertz CT molecular complexity index is 2290. The Morgan fingerprint density at radius 2 is 1.25 bits per heavy atom. The number of halogens is 2. The quantitative estimate of drug-likeness (QED) is 0.0350. The lowest BCUT2D eigenvalue weighted by Gasteiger charge is -2.32. The molecule has 300 valence electrons. The van der Waals surface area contributed by atoms with Gasteiger partial charge in [0, 0.05) is 96.1 Å². The lowest BCUT2D eigenvalue weighted by molar-refractivity contribution is 0.0899. The van der Waals surface area contributed by atoms with Gasteiger partial charge in [-0.2, -0.15) is 10.2 Å². The van der Waals surface area contributed by atoms with Gasteiger partial charge in [0.25, 0.3) is 29.5 Å². The van der Waals surface area contributed by atoms with Crippen molar-refractivity contribution in [1.29, 1.82) is 5.41 Å². The third kappa shape index (κ3) is 10.1. The zero-order chi connectivity index (χ0) is 41.4. The van der Waals surface area contributed by atoms with Gasteiger partial charge in [0.2, 0.25) is 0 Å². The summed E-state index contributed by atoms with van der Waals surface area (Å²) in [6.45, 7) is 0.759. The molecule has 21 heteroatoms. The molecule has 5 rings (SSSR count). The Morgan fingerprint density at radius 3 is 1.82 bits per heavy atom. The first-order valence-corrected chi connectivity index (χ1v) is 18.5. The molecule has 0 bridgehead atoms. The number of aryl methyl sites for hydroxylation is 4. The topological polar surface area (TPSA) is 235 Å². The average Bonchev–Trinajstić information content (AvgIpc) is 3.93. The molecular formula is C36H42Cl2N14O5. The van der Waals surface area contributed by atoms with E-state index in [4.69, 9.17) is 34.3 Å². The van der Waals surface area contributed by atoms with Gasteiger partial charge in [0.1, 0.15) is 22.8 Å². The molecule has 0 atom stereocenters. The highest BCUT2D eigenvalue weighted by Crippen LogP contribution is 2.23. The summed E-state index contributed by atoms with van der Waals surface area (Å²) in [6, 6.07) is 14.4. The molecule has 0 saturated heterocycles. The zero-order valence-electron chi connectivity index (χ0n) is 31.5. The monoisotopic (exact) mass is 820 g/mol. The van der Waals surface area contributed by atoms with E-state index in [-0.39, 0.29) is 78.3 Å². The molecule has 0 aliphatic rings. The molecule has 7 N–H and O–H groups in total. The number of amidine groups is 1. The number of anilines is 4. The number of hydrazine groups is 1. The van der Waals surface area contributed by atoms with Gasteiger partial charge in [-0.15, -0.1) is 23.2 Å². The molecule has 5 aromatic rings. The van der Waals surface area contributed by atoms with Crippen LogP contribution in [-0.2, 0) is 28.2 Å². The fourth-order valence-corrected chi connectivity index (χ4v) is 6.18. The van der Waals surface area contributed by atoms with Crippen LogP contribution in [0.15, 0.2) is 67.0 Å². The maximum atomic E-state index is 13.7. The molecular weight excluding hydrogens is 779 g/mol. The molecule has 0 spiro atoms. The number of nitrogens with two attached hydrogens (primary N) is 1. The highest BCUT2D eigenvalue weighted by molar-refractivity contribution is 6.18. The molecule has 0 fully saturated rings. The summed E-state index contributed by atoms with van der Waals surface area (Å²) in [5, 5.41) is 29.9. The van der Waals surface area contributed by atoms with E-state index in [0.717, 1.165) is 0 Å². The average molecular weight is 822 g/mol. The number of nitrogens with one attached hydrogen (secondary N) is 5. The van der Waals surface area contributed by atoms with Crippen LogP contribution in [0.1, 0.15) is 58.7 Å². The van der Waals surface area contributed by atoms with Crippen molar-refractivity contribution in [2.45, 2.75) is 6.42 Å². The van der Waals surface area contributed by atoms with Crippen LogP contribution in [0.3, 0.4) is 0 Å². The first-order valence-electron chi connectivity index (χ1n) is 17.4. The van der Waals surface area contributed by atoms with Crippen molar-refractivity contribution in [1.82, 2.24) is 39.0 Å². The maximum absolute atomic E-state index is 13.7. The largest absolute Gasteiger partial charge is 0.388 e. The Kier molecular flexibility index (Phi) is 13.5. The van der Waals surface area contributed by atoms with Crippen molar-refractivity contribution in [2.75, 3.05) is 52.4 Å². The minimum Gasteiger partial charge on any atom is -0.388 e. The van der Waals surface area contributed by atoms with Gasteiger partial charge < -0.3 is 36.1 Å². The van der Waals surface area contributed by atoms with Crippen molar-refractivity contribution in [3.8, 4) is 0 Å². The third-order valence-corrected chi connectivity index (χ3v) is 8.86. The minimum atomic E-state index is -0.604. The molecule has 4 heterocycles. The van der Waals surface area contributed by atoms with Gasteiger partial charge in [-0.25, -0.2) is 10.0 Å². The van der Waals surface area contributed by atoms with E-state index < -0.39 is 23.6 Å². The second-order valence-corrected chi connectivity index (χ2v) is 13.5. The molecule has 0 aliphatic carbocycles. The number of aromatic nitrogens is 6. The Balaban J connectivity index is 1.26. The van der Waals surface area contributed by atoms with Gasteiger partial charge >= 0.3 is 0 Å². The molecule has 4 aromatic heterocycles. The number of benzene rings is 1. The molecule has 19 nitrogen and oxygen atoms in total. The van der Waals surface area contributed by atoms with Crippen LogP contribution >= 0.6 is 23.2 Å². The van der Waals surface area contributed by atoms with Crippen LogP contribution in [0.2, 0.25) is 0 Å². The van der Waals surface area contributed by atoms with Crippen molar-refractivity contribution >= 4 is 81.6 Å². The molecule has 0 aliphatic heterocycles. The number of amides is 5. The third-order valence-electron chi connectivity index (χ3n) is 8.52. The standard InChI is InChI=1S/C36H42Cl2N14O5/c1-47-20-23(16-25(47)32(53)41-13-10-29(39)40)42-33(54)26-17-24(21-48(26)2)43-34(55)27-18-30(45-49(27)3)44-35(56)28-19-31(46-50(28)4)52(51(14-11-37)15-12-38)36(57)22-8-6-5-7-9-22/h5-9,16-21H,10-15H2,1-4H3,(H3,39,40)(H,41,53)(H,42,54)(H,43,55)(H,44,45,56). The fourth-order valence-electron chi connectivity index (χ4n) is 5.79. The van der Waals surface area contributed by atoms with E-state index in [9.17, 15) is 24.0 Å². The molecule has 1 aromatic carbocycles. The smallest absolute Gasteiger partial charge is 0.275 e. The predicted molar refractivity (Wildman–Crippen MR) is 216 cm³/mol. The lowest BCUT2D eigenvalue weighted by Crippen LogP contribution is -2.49. The van der Waals surface area contributed by atoms with Crippen molar-refractivity contribution in [3.05, 3.63) is 95.3 Å². The predicted octanol–water partition coefficient (Wildman–Crippen LogP) is 2.98. The number of alkyl halides is 2. The molecule has 0 radical (unpaired) electrons. The molecule has 0 unspecified atom stereocenters. The minimum absolute atomic E-state index is 0.0449. The Hall–Kier alpha value is -6.44. The number of carbonyl (C=O) groups excluding carboxylic acids is 5. The van der Waals surface area contributed by atoms with Crippen LogP contribution in [0.25, 0.3) is 0 Å². The van der Waals surface area contributed by atoms with E-state index in [2.05, 4.69) is 31.5 Å². The summed E-state index contributed by atoms with van der Waals surface area (Å²) in [4.78, 5) is 66.3. The van der Waals surface area contributed by atoms with E-state index in [0.29, 0.717) is 22.6 Å². The van der Waals surface area contributed by atoms with E-state index in [1.54, 1.807) is 73.4 Å². The fraction of sp³-hybridized carbons (Fsp3) is 0.278. The van der Waals surface area contributed by atoms with Crippen LogP contribution < -0.4 is 32.0 Å². The second-order valence-electron chi connectivity index (χ2n) is 12.7. The lowest BCUT2D eigenvalue weighted by atomic mass is 10.2. The number of hydrogen-bond acceptors (Lipinski definition) is 9. The Morgan fingerprint density at radius 1 is 0.719 bits per heavy atom. The highest BCUT2D eigenvalue weighted by atomic mass is 35.5. The summed E-state index contributed by atoms with van der Waals surface area (Å²) in [5.74, 6) is -1.84. The van der Waals surface area contributed by atoms with Crippen LogP contribution in [0.5, 0.6) is 0 Å². The van der Waals surface area contributed by atoms with E-state index in [1.807, 2.05) is 0 Å². The van der Waals surface area contributed by atoms with E-state index in [1.165, 1.54) is 50.3 Å². The number of carbonyl (C=O) groups is 5. The molecule has 57 heavy (non-hydrogen) atoms. The SMILES string of the molecule is Cn1cc(NC(=O)c2cc(NC(=O)c3cc(NC(=O)c4cc(N(C(=O)c5ccccc5)N(CCCl)CCCl)nn4C)nn3C)cn2C)cc1C(=O)NCCC(=N)N. The van der Waals surface area contributed by atoms with Crippen molar-refractivity contribution in [2.24, 2.45) is 33.9 Å². The first-order chi connectivity index (χ1) is 27.2. The number of nitrogens with zero attached hydrogens (tertiary/aromatic N) is 8. The second kappa shape index (κ2) is 18.5. The van der Waals surface area contributed by atoms with Crippen LogP contribution in [-0.4, -0.2) is 100 Å². The van der Waals surface area contributed by atoms with Gasteiger partial charge in [0.15, 0.2) is 11.6 Å². The summed E-state index contributed by atoms with van der Waals surface area (Å²) in [7, 11) is 6.38. The summed E-state index contributed by atoms with van der Waals surface area (Å²) in [5.41, 5.74) is 7.12. The molecule has 0 saturated carbocycles. The zero-order valence-corrected chi connectivity index (χ0v) is 33.1. The number of rotatable bonds is 17. The van der Waals surface area contributed by atoms with Crippen molar-refractivity contribution < 1.29 is 24.0 Å². The number of hydrogen-bond donors (Lipinski definition) is 6. The Labute approximate surface area is 337 Å². The van der Waals surface area contributed by atoms with Crippen LogP contribution in [0.4, 0.5) is 23.0 Å². The van der Waals surface area contributed by atoms with E-state index >= 15 is 0 Å². The summed E-state index contributed by atoms with van der Waals surface area (Å²) >= 11 is 12.1. The normalized spacial score (nSPS) is 11.0. The van der Waals surface area contributed by atoms with Gasteiger partial charge in [0.05, 0.1) is 17.2 Å². The highest BCUT2D eigenvalue weighted by Gasteiger charge is 2.29. The van der Waals surface area contributed by atoms with Gasteiger partial charge in [-0.1, -0.05) is 18.2 Å². The van der Waals surface area contributed by atoms with Crippen LogP contribution in [0, 0.1) is 5.41 Å². The molecule has 5 amide bonds. The first kappa shape index (κ1) is 41.7. The maximum Gasteiger partial charge on any atom is 0.275 e. The summed E-state index contributed by atoms with van der Waals surface area (Å²) < 4.78 is 5.69. The summed E-state index contributed by atoms with van der Waals surface area (Å²) in [6.07, 6.45) is 3.35. The van der Waals surface area contributed by atoms with Gasteiger partial charge in [-0.3, -0.25) is 38.7 Å². The van der Waals surface area contributed by atoms with Gasteiger partial charge in [-0.05, 0) is 24.3 Å². The van der Waals surface area contributed by atoms with Crippen molar-refractivity contribution in [3.63, 3.8) is 0 Å².